The van der Waals surface area contributed by atoms with Crippen LogP contribution in [0.4, 0.5) is 0 Å². The summed E-state index contributed by atoms with van der Waals surface area (Å²) in [6, 6.07) is 14.8. The Balaban J connectivity index is 1.46. The molecular weight excluding hydrogens is 342 g/mol. The maximum atomic E-state index is 12.7. The Hall–Kier alpha value is -2.82. The average molecular weight is 365 g/mol. The fourth-order valence-electron chi connectivity index (χ4n) is 4.03. The Morgan fingerprint density at radius 1 is 1.07 bits per heavy atom. The number of fused-ring (bicyclic) bond motifs is 1. The molecule has 0 aromatic heterocycles. The lowest BCUT2D eigenvalue weighted by molar-refractivity contribution is -0.129. The van der Waals surface area contributed by atoms with Crippen LogP contribution in [0.15, 0.2) is 48.5 Å². The number of hydrogen-bond acceptors (Lipinski definition) is 4. The Morgan fingerprint density at radius 3 is 2.67 bits per heavy atom. The quantitative estimate of drug-likeness (QED) is 0.615. The van der Waals surface area contributed by atoms with Gasteiger partial charge < -0.3 is 14.4 Å². The highest BCUT2D eigenvalue weighted by Crippen LogP contribution is 2.37. The van der Waals surface area contributed by atoms with E-state index < -0.39 is 11.7 Å². The third-order valence-electron chi connectivity index (χ3n) is 5.37. The van der Waals surface area contributed by atoms with Gasteiger partial charge in [0.1, 0.15) is 0 Å². The van der Waals surface area contributed by atoms with Gasteiger partial charge in [-0.3, -0.25) is 9.59 Å². The second kappa shape index (κ2) is 7.06. The van der Waals surface area contributed by atoms with E-state index in [2.05, 4.69) is 13.0 Å². The lowest BCUT2D eigenvalue weighted by Gasteiger charge is -2.40. The van der Waals surface area contributed by atoms with Crippen LogP contribution in [0.1, 0.15) is 35.7 Å². The van der Waals surface area contributed by atoms with E-state index >= 15 is 0 Å². The molecule has 0 saturated carbocycles. The number of piperidine rings is 1. The smallest absolute Gasteiger partial charge is 0.294 e. The number of benzene rings is 2. The topological polar surface area (TPSA) is 55.8 Å². The van der Waals surface area contributed by atoms with E-state index in [1.54, 1.807) is 29.2 Å². The molecule has 1 fully saturated rings. The lowest BCUT2D eigenvalue weighted by atomic mass is 9.76. The summed E-state index contributed by atoms with van der Waals surface area (Å²) in [4.78, 5) is 27.0. The van der Waals surface area contributed by atoms with Crippen molar-refractivity contribution in [2.45, 2.75) is 26.2 Å². The van der Waals surface area contributed by atoms with Gasteiger partial charge in [0.2, 0.25) is 12.6 Å². The molecule has 1 saturated heterocycles. The number of ether oxygens (including phenoxy) is 2. The van der Waals surface area contributed by atoms with Crippen molar-refractivity contribution >= 4 is 11.7 Å². The molecule has 140 valence electrons. The second-order valence-electron chi connectivity index (χ2n) is 7.70. The zero-order chi connectivity index (χ0) is 18.9. The highest BCUT2D eigenvalue weighted by molar-refractivity contribution is 6.42. The SMILES string of the molecule is CC1(Cc2ccc3c(c2)OCO3)CCCN(C(=O)C(=O)c2ccccc2)C1. The molecule has 0 N–H and O–H groups in total. The van der Waals surface area contributed by atoms with Crippen LogP contribution < -0.4 is 9.47 Å². The van der Waals surface area contributed by atoms with Crippen LogP contribution >= 0.6 is 0 Å². The van der Waals surface area contributed by atoms with Crippen molar-refractivity contribution in [2.75, 3.05) is 19.9 Å². The minimum atomic E-state index is -0.428. The van der Waals surface area contributed by atoms with Crippen molar-refractivity contribution in [3.8, 4) is 11.5 Å². The third kappa shape index (κ3) is 3.68. The van der Waals surface area contributed by atoms with Gasteiger partial charge >= 0.3 is 0 Å². The van der Waals surface area contributed by atoms with Gasteiger partial charge in [-0.2, -0.15) is 0 Å². The predicted octanol–water partition coefficient (Wildman–Crippen LogP) is 3.47. The van der Waals surface area contributed by atoms with Crippen molar-refractivity contribution in [3.63, 3.8) is 0 Å². The second-order valence-corrected chi connectivity index (χ2v) is 7.70. The molecule has 1 unspecified atom stereocenters. The fourth-order valence-corrected chi connectivity index (χ4v) is 4.03. The molecule has 5 heteroatoms. The molecule has 2 aliphatic rings. The number of rotatable bonds is 4. The predicted molar refractivity (Wildman–Crippen MR) is 101 cm³/mol. The fraction of sp³-hybridized carbons (Fsp3) is 0.364. The molecule has 0 bridgehead atoms. The minimum absolute atomic E-state index is 0.0709. The highest BCUT2D eigenvalue weighted by atomic mass is 16.7. The first-order valence-electron chi connectivity index (χ1n) is 9.31. The molecule has 1 atom stereocenters. The van der Waals surface area contributed by atoms with Crippen molar-refractivity contribution in [1.82, 2.24) is 4.90 Å². The van der Waals surface area contributed by atoms with E-state index in [9.17, 15) is 9.59 Å². The minimum Gasteiger partial charge on any atom is -0.454 e. The largest absolute Gasteiger partial charge is 0.454 e. The number of likely N-dealkylation sites (tertiary alicyclic amines) is 1. The van der Waals surface area contributed by atoms with E-state index in [4.69, 9.17) is 9.47 Å². The summed E-state index contributed by atoms with van der Waals surface area (Å²) < 4.78 is 10.8. The molecule has 2 aliphatic heterocycles. The van der Waals surface area contributed by atoms with E-state index in [0.29, 0.717) is 18.7 Å². The van der Waals surface area contributed by atoms with Crippen molar-refractivity contribution in [2.24, 2.45) is 5.41 Å². The highest BCUT2D eigenvalue weighted by Gasteiger charge is 2.35. The van der Waals surface area contributed by atoms with Gasteiger partial charge in [-0.25, -0.2) is 0 Å². The van der Waals surface area contributed by atoms with Gasteiger partial charge in [-0.1, -0.05) is 43.3 Å². The summed E-state index contributed by atoms with van der Waals surface area (Å²) in [6.07, 6.45) is 2.74. The maximum absolute atomic E-state index is 12.7. The van der Waals surface area contributed by atoms with Crippen LogP contribution in [-0.2, 0) is 11.2 Å². The number of hydrogen-bond donors (Lipinski definition) is 0. The first kappa shape index (κ1) is 17.6. The van der Waals surface area contributed by atoms with Gasteiger partial charge in [0.25, 0.3) is 5.91 Å². The zero-order valence-electron chi connectivity index (χ0n) is 15.4. The molecule has 4 rings (SSSR count). The molecule has 0 radical (unpaired) electrons. The number of nitrogens with zero attached hydrogens (tertiary/aromatic N) is 1. The standard InChI is InChI=1S/C22H23NO4/c1-22(13-16-8-9-18-19(12-16)27-15-26-18)10-5-11-23(14-22)21(25)20(24)17-6-3-2-4-7-17/h2-4,6-9,12H,5,10-11,13-15H2,1H3. The lowest BCUT2D eigenvalue weighted by Crippen LogP contribution is -2.48. The summed E-state index contributed by atoms with van der Waals surface area (Å²) in [7, 11) is 0. The van der Waals surface area contributed by atoms with Crippen molar-refractivity contribution in [1.29, 1.82) is 0 Å². The number of carbonyl (C=O) groups excluding carboxylic acids is 2. The Kier molecular flexibility index (Phi) is 4.60. The normalized spacial score (nSPS) is 21.1. The molecule has 27 heavy (non-hydrogen) atoms. The molecule has 5 nitrogen and oxygen atoms in total. The van der Waals surface area contributed by atoms with Gasteiger partial charge in [0.15, 0.2) is 11.5 Å². The van der Waals surface area contributed by atoms with E-state index in [-0.39, 0.29) is 12.2 Å². The summed E-state index contributed by atoms with van der Waals surface area (Å²) in [5.74, 6) is 0.720. The van der Waals surface area contributed by atoms with Crippen LogP contribution in [0, 0.1) is 5.41 Å². The number of amides is 1. The van der Waals surface area contributed by atoms with Crippen LogP contribution in [0.3, 0.4) is 0 Å². The summed E-state index contributed by atoms with van der Waals surface area (Å²) in [6.45, 7) is 3.66. The first-order chi connectivity index (χ1) is 13.0. The number of carbonyl (C=O) groups is 2. The Bertz CT molecular complexity index is 864. The molecule has 0 spiro atoms. The molecule has 2 heterocycles. The molecule has 2 aromatic carbocycles. The van der Waals surface area contributed by atoms with Crippen LogP contribution in [0.5, 0.6) is 11.5 Å². The average Bonchev–Trinajstić information content (AvgIpc) is 3.15. The number of ketones is 1. The molecular formula is C22H23NO4. The monoisotopic (exact) mass is 365 g/mol. The Morgan fingerprint density at radius 2 is 1.85 bits per heavy atom. The van der Waals surface area contributed by atoms with Crippen molar-refractivity contribution in [3.05, 3.63) is 59.7 Å². The van der Waals surface area contributed by atoms with Gasteiger partial charge in [-0.15, -0.1) is 0 Å². The van der Waals surface area contributed by atoms with E-state index in [0.717, 1.165) is 36.3 Å². The van der Waals surface area contributed by atoms with Crippen LogP contribution in [0.25, 0.3) is 0 Å². The van der Waals surface area contributed by atoms with Crippen LogP contribution in [-0.4, -0.2) is 36.5 Å². The molecule has 2 aromatic rings. The maximum Gasteiger partial charge on any atom is 0.294 e. The van der Waals surface area contributed by atoms with Crippen molar-refractivity contribution < 1.29 is 19.1 Å². The molecule has 1 amide bonds. The van der Waals surface area contributed by atoms with E-state index in [1.807, 2.05) is 18.2 Å². The Labute approximate surface area is 158 Å². The van der Waals surface area contributed by atoms with Crippen LogP contribution in [0.2, 0.25) is 0 Å². The van der Waals surface area contributed by atoms with E-state index in [1.165, 1.54) is 0 Å². The van der Waals surface area contributed by atoms with Gasteiger partial charge in [0, 0.05) is 18.7 Å². The summed E-state index contributed by atoms with van der Waals surface area (Å²) in [5, 5.41) is 0. The third-order valence-corrected chi connectivity index (χ3v) is 5.37. The summed E-state index contributed by atoms with van der Waals surface area (Å²) >= 11 is 0. The molecule has 0 aliphatic carbocycles. The van der Waals surface area contributed by atoms with Gasteiger partial charge in [-0.05, 0) is 42.4 Å². The van der Waals surface area contributed by atoms with Gasteiger partial charge in [0.05, 0.1) is 0 Å². The first-order valence-corrected chi connectivity index (χ1v) is 9.31. The summed E-state index contributed by atoms with van der Waals surface area (Å²) in [5.41, 5.74) is 1.54. The zero-order valence-corrected chi connectivity index (χ0v) is 15.4. The number of Topliss-reactive ketones (excluding diaryl/α,β-unsaturated/α-hetero) is 1.